The van der Waals surface area contributed by atoms with Gasteiger partial charge in [0.05, 0.1) is 6.20 Å². The summed E-state index contributed by atoms with van der Waals surface area (Å²) in [7, 11) is 0. The molecule has 4 nitrogen and oxygen atoms in total. The summed E-state index contributed by atoms with van der Waals surface area (Å²) in [5.41, 5.74) is 3.72. The summed E-state index contributed by atoms with van der Waals surface area (Å²) in [6.07, 6.45) is 2.59. The zero-order chi connectivity index (χ0) is 12.7. The monoisotopic (exact) mass is 241 g/mol. The number of hydrogen-bond acceptors (Lipinski definition) is 2. The Bertz CT molecular complexity index is 603. The third-order valence-corrected chi connectivity index (χ3v) is 3.47. The predicted octanol–water partition coefficient (Wildman–Crippen LogP) is 2.31. The number of anilines is 1. The minimum Gasteiger partial charge on any atom is -0.304 e. The van der Waals surface area contributed by atoms with Crippen LogP contribution in [0.15, 0.2) is 30.5 Å². The Hall–Kier alpha value is -2.10. The highest BCUT2D eigenvalue weighted by Crippen LogP contribution is 2.32. The van der Waals surface area contributed by atoms with Gasteiger partial charge in [-0.15, -0.1) is 0 Å². The first-order chi connectivity index (χ1) is 8.68. The maximum absolute atomic E-state index is 12.6. The molecule has 1 aromatic carbocycles. The number of amides is 1. The zero-order valence-electron chi connectivity index (χ0n) is 10.5. The van der Waals surface area contributed by atoms with Gasteiger partial charge in [0, 0.05) is 11.7 Å². The van der Waals surface area contributed by atoms with Crippen LogP contribution in [0.3, 0.4) is 0 Å². The van der Waals surface area contributed by atoms with Crippen LogP contribution in [-0.2, 0) is 6.42 Å². The molecule has 0 aliphatic carbocycles. The van der Waals surface area contributed by atoms with Crippen LogP contribution in [0.1, 0.15) is 28.5 Å². The van der Waals surface area contributed by atoms with Crippen LogP contribution in [0.25, 0.3) is 0 Å². The fourth-order valence-electron chi connectivity index (χ4n) is 2.56. The van der Waals surface area contributed by atoms with Crippen LogP contribution < -0.4 is 4.90 Å². The number of nitrogens with one attached hydrogen (secondary N) is 1. The Morgan fingerprint density at radius 3 is 2.94 bits per heavy atom. The van der Waals surface area contributed by atoms with Gasteiger partial charge in [0.2, 0.25) is 0 Å². The van der Waals surface area contributed by atoms with Gasteiger partial charge in [-0.2, -0.15) is 5.10 Å². The van der Waals surface area contributed by atoms with E-state index in [1.54, 1.807) is 6.20 Å². The smallest absolute Gasteiger partial charge is 0.276 e. The number of carbonyl (C=O) groups excluding carboxylic acids is 1. The number of benzene rings is 1. The van der Waals surface area contributed by atoms with Crippen LogP contribution in [0.5, 0.6) is 0 Å². The van der Waals surface area contributed by atoms with E-state index in [0.29, 0.717) is 5.69 Å². The molecule has 18 heavy (non-hydrogen) atoms. The van der Waals surface area contributed by atoms with Crippen molar-refractivity contribution in [3.8, 4) is 0 Å². The summed E-state index contributed by atoms with van der Waals surface area (Å²) in [5, 5.41) is 6.71. The summed E-state index contributed by atoms with van der Waals surface area (Å²) in [5.74, 6) is 0.00227. The molecule has 1 N–H and O–H groups in total. The van der Waals surface area contributed by atoms with Crippen molar-refractivity contribution < 1.29 is 4.79 Å². The number of nitrogens with zero attached hydrogens (tertiary/aromatic N) is 2. The number of aryl methyl sites for hydroxylation is 1. The molecule has 0 spiro atoms. The molecule has 1 aromatic heterocycles. The maximum Gasteiger partial charge on any atom is 0.276 e. The summed E-state index contributed by atoms with van der Waals surface area (Å²) >= 11 is 0. The number of aromatic amines is 1. The Balaban J connectivity index is 2.03. The Morgan fingerprint density at radius 1 is 1.44 bits per heavy atom. The van der Waals surface area contributed by atoms with Crippen molar-refractivity contribution in [2.75, 3.05) is 4.90 Å². The molecular weight excluding hydrogens is 226 g/mol. The molecule has 1 atom stereocenters. The van der Waals surface area contributed by atoms with Gasteiger partial charge in [0.1, 0.15) is 5.69 Å². The van der Waals surface area contributed by atoms with E-state index in [1.807, 2.05) is 30.0 Å². The number of para-hydroxylation sites is 1. The fourth-order valence-corrected chi connectivity index (χ4v) is 2.56. The Kier molecular flexibility index (Phi) is 2.44. The molecule has 1 aliphatic rings. The van der Waals surface area contributed by atoms with Crippen molar-refractivity contribution in [2.45, 2.75) is 26.3 Å². The Morgan fingerprint density at radius 2 is 2.22 bits per heavy atom. The van der Waals surface area contributed by atoms with Crippen molar-refractivity contribution in [1.82, 2.24) is 10.2 Å². The molecule has 0 fully saturated rings. The minimum absolute atomic E-state index is 0.00227. The summed E-state index contributed by atoms with van der Waals surface area (Å²) in [4.78, 5) is 14.4. The zero-order valence-corrected chi connectivity index (χ0v) is 10.5. The molecule has 0 saturated heterocycles. The quantitative estimate of drug-likeness (QED) is 0.832. The normalized spacial score (nSPS) is 17.9. The number of rotatable bonds is 1. The largest absolute Gasteiger partial charge is 0.304 e. The van der Waals surface area contributed by atoms with E-state index in [9.17, 15) is 4.79 Å². The van der Waals surface area contributed by atoms with Gasteiger partial charge in [0.25, 0.3) is 5.91 Å². The molecule has 0 saturated carbocycles. The lowest BCUT2D eigenvalue weighted by molar-refractivity contribution is 0.0976. The van der Waals surface area contributed by atoms with Gasteiger partial charge in [-0.25, -0.2) is 0 Å². The summed E-state index contributed by atoms with van der Waals surface area (Å²) < 4.78 is 0. The number of aromatic nitrogens is 2. The summed E-state index contributed by atoms with van der Waals surface area (Å²) in [6.45, 7) is 3.97. The van der Waals surface area contributed by atoms with Crippen LogP contribution in [0.4, 0.5) is 5.69 Å². The van der Waals surface area contributed by atoms with E-state index in [2.05, 4.69) is 23.2 Å². The molecule has 3 rings (SSSR count). The van der Waals surface area contributed by atoms with E-state index in [0.717, 1.165) is 17.7 Å². The van der Waals surface area contributed by atoms with Gasteiger partial charge in [0.15, 0.2) is 0 Å². The molecule has 0 radical (unpaired) electrons. The van der Waals surface area contributed by atoms with Gasteiger partial charge >= 0.3 is 0 Å². The first kappa shape index (κ1) is 11.0. The standard InChI is InChI=1S/C14H15N3O/c1-9-8-15-16-13(9)14(18)17-10(2)7-11-5-3-4-6-12(11)17/h3-6,8,10H,7H2,1-2H3,(H,15,16). The second-order valence-corrected chi connectivity index (χ2v) is 4.79. The average molecular weight is 241 g/mol. The molecule has 1 unspecified atom stereocenters. The number of hydrogen-bond donors (Lipinski definition) is 1. The van der Waals surface area contributed by atoms with Crippen molar-refractivity contribution >= 4 is 11.6 Å². The number of fused-ring (bicyclic) bond motifs is 1. The first-order valence-corrected chi connectivity index (χ1v) is 6.10. The van der Waals surface area contributed by atoms with Crippen LogP contribution in [0, 0.1) is 6.92 Å². The van der Waals surface area contributed by atoms with Gasteiger partial charge in [-0.05, 0) is 37.5 Å². The molecule has 2 aromatic rings. The van der Waals surface area contributed by atoms with Gasteiger partial charge in [-0.1, -0.05) is 18.2 Å². The molecular formula is C14H15N3O. The topological polar surface area (TPSA) is 49.0 Å². The van der Waals surface area contributed by atoms with E-state index < -0.39 is 0 Å². The predicted molar refractivity (Wildman–Crippen MR) is 69.7 cm³/mol. The second-order valence-electron chi connectivity index (χ2n) is 4.79. The van der Waals surface area contributed by atoms with Crippen LogP contribution in [-0.4, -0.2) is 22.1 Å². The molecule has 1 amide bonds. The molecule has 92 valence electrons. The van der Waals surface area contributed by atoms with E-state index in [4.69, 9.17) is 0 Å². The van der Waals surface area contributed by atoms with Gasteiger partial charge in [-0.3, -0.25) is 9.89 Å². The molecule has 2 heterocycles. The minimum atomic E-state index is 0.00227. The Labute approximate surface area is 106 Å². The lowest BCUT2D eigenvalue weighted by Gasteiger charge is -2.22. The highest BCUT2D eigenvalue weighted by atomic mass is 16.2. The highest BCUT2D eigenvalue weighted by molar-refractivity contribution is 6.07. The SMILES string of the molecule is Cc1cn[nH]c1C(=O)N1c2ccccc2CC1C. The first-order valence-electron chi connectivity index (χ1n) is 6.10. The van der Waals surface area contributed by atoms with E-state index in [1.165, 1.54) is 5.56 Å². The van der Waals surface area contributed by atoms with Gasteiger partial charge < -0.3 is 4.90 Å². The highest BCUT2D eigenvalue weighted by Gasteiger charge is 2.32. The van der Waals surface area contributed by atoms with E-state index in [-0.39, 0.29) is 11.9 Å². The lowest BCUT2D eigenvalue weighted by atomic mass is 10.1. The summed E-state index contributed by atoms with van der Waals surface area (Å²) in [6, 6.07) is 8.26. The lowest BCUT2D eigenvalue weighted by Crippen LogP contribution is -2.36. The van der Waals surface area contributed by atoms with Crippen molar-refractivity contribution in [2.24, 2.45) is 0 Å². The van der Waals surface area contributed by atoms with Crippen LogP contribution >= 0.6 is 0 Å². The average Bonchev–Trinajstić information content (AvgIpc) is 2.91. The number of carbonyl (C=O) groups is 1. The molecule has 1 aliphatic heterocycles. The maximum atomic E-state index is 12.6. The fraction of sp³-hybridized carbons (Fsp3) is 0.286. The molecule has 0 bridgehead atoms. The number of H-pyrrole nitrogens is 1. The van der Waals surface area contributed by atoms with E-state index >= 15 is 0 Å². The van der Waals surface area contributed by atoms with Crippen molar-refractivity contribution in [1.29, 1.82) is 0 Å². The van der Waals surface area contributed by atoms with Crippen molar-refractivity contribution in [3.63, 3.8) is 0 Å². The third kappa shape index (κ3) is 1.53. The van der Waals surface area contributed by atoms with Crippen LogP contribution in [0.2, 0.25) is 0 Å². The van der Waals surface area contributed by atoms with Crippen molar-refractivity contribution in [3.05, 3.63) is 47.3 Å². The molecule has 4 heteroatoms. The second kappa shape index (κ2) is 3.98. The third-order valence-electron chi connectivity index (χ3n) is 3.47.